The van der Waals surface area contributed by atoms with Gasteiger partial charge < -0.3 is 9.64 Å². The predicted molar refractivity (Wildman–Crippen MR) is 73.3 cm³/mol. The van der Waals surface area contributed by atoms with Crippen molar-refractivity contribution in [1.82, 2.24) is 4.90 Å². The summed E-state index contributed by atoms with van der Waals surface area (Å²) in [6.07, 6.45) is 0. The minimum absolute atomic E-state index is 0.0830. The summed E-state index contributed by atoms with van der Waals surface area (Å²) in [5.41, 5.74) is 2.53. The molecule has 1 rings (SSSR count). The maximum atomic E-state index is 11.5. The third-order valence-corrected chi connectivity index (χ3v) is 2.85. The van der Waals surface area contributed by atoms with Crippen LogP contribution in [0.2, 0.25) is 0 Å². The Morgan fingerprint density at radius 1 is 1.33 bits per heavy atom. The number of rotatable bonds is 6. The van der Waals surface area contributed by atoms with E-state index >= 15 is 0 Å². The summed E-state index contributed by atoms with van der Waals surface area (Å²) in [5.74, 6) is -0.200. The molecule has 0 fully saturated rings. The number of aryl methyl sites for hydroxylation is 1. The van der Waals surface area contributed by atoms with Crippen LogP contribution in [-0.2, 0) is 16.1 Å². The van der Waals surface area contributed by atoms with Gasteiger partial charge in [-0.05, 0) is 26.5 Å². The summed E-state index contributed by atoms with van der Waals surface area (Å²) in [6.45, 7) is 7.84. The fraction of sp³-hybridized carbons (Fsp3) is 0.533. The van der Waals surface area contributed by atoms with E-state index in [0.717, 1.165) is 6.54 Å². The third-order valence-electron chi connectivity index (χ3n) is 2.85. The molecule has 0 spiro atoms. The van der Waals surface area contributed by atoms with Crippen LogP contribution in [0.15, 0.2) is 24.3 Å². The van der Waals surface area contributed by atoms with Gasteiger partial charge in [0.2, 0.25) is 0 Å². The van der Waals surface area contributed by atoms with Crippen molar-refractivity contribution >= 4 is 5.97 Å². The molecule has 0 heterocycles. The molecule has 0 radical (unpaired) electrons. The molecule has 100 valence electrons. The molecule has 1 unspecified atom stereocenters. The first-order valence-corrected chi connectivity index (χ1v) is 6.43. The van der Waals surface area contributed by atoms with Crippen molar-refractivity contribution in [2.45, 2.75) is 27.3 Å². The molecule has 1 aromatic carbocycles. The number of nitrogens with zero attached hydrogens (tertiary/aromatic N) is 1. The molecule has 0 aliphatic carbocycles. The lowest BCUT2D eigenvalue weighted by Gasteiger charge is -2.20. The second-order valence-corrected chi connectivity index (χ2v) is 4.84. The normalized spacial score (nSPS) is 12.5. The molecule has 0 saturated carbocycles. The Hall–Kier alpha value is -1.35. The fourth-order valence-electron chi connectivity index (χ4n) is 1.90. The SMILES string of the molecule is CCOC(=O)C(C)CN(C)Cc1ccc(C)cc1. The van der Waals surface area contributed by atoms with E-state index in [2.05, 4.69) is 36.1 Å². The van der Waals surface area contributed by atoms with Crippen LogP contribution in [-0.4, -0.2) is 31.1 Å². The van der Waals surface area contributed by atoms with Crippen LogP contribution in [0.3, 0.4) is 0 Å². The molecule has 0 amide bonds. The van der Waals surface area contributed by atoms with Crippen molar-refractivity contribution in [2.24, 2.45) is 5.92 Å². The number of ether oxygens (including phenoxy) is 1. The van der Waals surface area contributed by atoms with Gasteiger partial charge in [-0.3, -0.25) is 4.79 Å². The molecule has 3 nitrogen and oxygen atoms in total. The van der Waals surface area contributed by atoms with Gasteiger partial charge in [0.15, 0.2) is 0 Å². The van der Waals surface area contributed by atoms with Gasteiger partial charge in [0.05, 0.1) is 12.5 Å². The van der Waals surface area contributed by atoms with Gasteiger partial charge >= 0.3 is 5.97 Å². The molecule has 0 saturated heterocycles. The maximum absolute atomic E-state index is 11.5. The van der Waals surface area contributed by atoms with E-state index in [4.69, 9.17) is 4.74 Å². The zero-order valence-corrected chi connectivity index (χ0v) is 11.8. The Morgan fingerprint density at radius 2 is 1.94 bits per heavy atom. The van der Waals surface area contributed by atoms with E-state index < -0.39 is 0 Å². The lowest BCUT2D eigenvalue weighted by atomic mass is 10.1. The number of hydrogen-bond acceptors (Lipinski definition) is 3. The molecule has 0 aliphatic heterocycles. The molecule has 3 heteroatoms. The van der Waals surface area contributed by atoms with Crippen molar-refractivity contribution in [3.05, 3.63) is 35.4 Å². The molecule has 0 N–H and O–H groups in total. The molecule has 0 aliphatic rings. The Bertz CT molecular complexity index is 373. The number of esters is 1. The topological polar surface area (TPSA) is 29.5 Å². The fourth-order valence-corrected chi connectivity index (χ4v) is 1.90. The first-order valence-electron chi connectivity index (χ1n) is 6.43. The maximum Gasteiger partial charge on any atom is 0.309 e. The molecule has 0 bridgehead atoms. The standard InChI is InChI=1S/C15H23NO2/c1-5-18-15(17)13(3)10-16(4)11-14-8-6-12(2)7-9-14/h6-9,13H,5,10-11H2,1-4H3. The Balaban J connectivity index is 2.43. The number of carbonyl (C=O) groups excluding carboxylic acids is 1. The Labute approximate surface area is 110 Å². The first kappa shape index (κ1) is 14.7. The summed E-state index contributed by atoms with van der Waals surface area (Å²) in [5, 5.41) is 0. The van der Waals surface area contributed by atoms with Gasteiger partial charge in [0.1, 0.15) is 0 Å². The summed E-state index contributed by atoms with van der Waals surface area (Å²) in [6, 6.07) is 8.47. The zero-order chi connectivity index (χ0) is 13.5. The first-order chi connectivity index (χ1) is 8.52. The van der Waals surface area contributed by atoms with Gasteiger partial charge in [-0.15, -0.1) is 0 Å². The Morgan fingerprint density at radius 3 is 2.50 bits per heavy atom. The highest BCUT2D eigenvalue weighted by atomic mass is 16.5. The lowest BCUT2D eigenvalue weighted by molar-refractivity contribution is -0.147. The van der Waals surface area contributed by atoms with Crippen molar-refractivity contribution in [1.29, 1.82) is 0 Å². The van der Waals surface area contributed by atoms with Gasteiger partial charge in [0, 0.05) is 13.1 Å². The summed E-state index contributed by atoms with van der Waals surface area (Å²) < 4.78 is 5.00. The number of benzene rings is 1. The third kappa shape index (κ3) is 4.88. The lowest BCUT2D eigenvalue weighted by Crippen LogP contribution is -2.29. The van der Waals surface area contributed by atoms with Gasteiger partial charge in [-0.2, -0.15) is 0 Å². The number of carbonyl (C=O) groups is 1. The minimum Gasteiger partial charge on any atom is -0.466 e. The van der Waals surface area contributed by atoms with Gasteiger partial charge in [-0.1, -0.05) is 36.8 Å². The molecule has 0 aromatic heterocycles. The van der Waals surface area contributed by atoms with Crippen LogP contribution in [0.5, 0.6) is 0 Å². The van der Waals surface area contributed by atoms with Gasteiger partial charge in [0.25, 0.3) is 0 Å². The van der Waals surface area contributed by atoms with E-state index in [9.17, 15) is 4.79 Å². The van der Waals surface area contributed by atoms with Crippen LogP contribution in [0.25, 0.3) is 0 Å². The monoisotopic (exact) mass is 249 g/mol. The van der Waals surface area contributed by atoms with E-state index in [1.165, 1.54) is 11.1 Å². The van der Waals surface area contributed by atoms with Crippen LogP contribution >= 0.6 is 0 Å². The average molecular weight is 249 g/mol. The summed E-state index contributed by atoms with van der Waals surface area (Å²) in [4.78, 5) is 13.7. The van der Waals surface area contributed by atoms with Crippen molar-refractivity contribution in [3.8, 4) is 0 Å². The summed E-state index contributed by atoms with van der Waals surface area (Å²) in [7, 11) is 2.02. The molecular formula is C15H23NO2. The average Bonchev–Trinajstić information content (AvgIpc) is 2.32. The molecular weight excluding hydrogens is 226 g/mol. The van der Waals surface area contributed by atoms with E-state index in [-0.39, 0.29) is 11.9 Å². The largest absolute Gasteiger partial charge is 0.466 e. The van der Waals surface area contributed by atoms with Crippen molar-refractivity contribution in [2.75, 3.05) is 20.2 Å². The second kappa shape index (κ2) is 7.17. The quantitative estimate of drug-likeness (QED) is 0.726. The van der Waals surface area contributed by atoms with Crippen LogP contribution < -0.4 is 0 Å². The summed E-state index contributed by atoms with van der Waals surface area (Å²) >= 11 is 0. The highest BCUT2D eigenvalue weighted by Crippen LogP contribution is 2.08. The van der Waals surface area contributed by atoms with E-state index in [1.807, 2.05) is 20.9 Å². The number of hydrogen-bond donors (Lipinski definition) is 0. The second-order valence-electron chi connectivity index (χ2n) is 4.84. The molecule has 18 heavy (non-hydrogen) atoms. The van der Waals surface area contributed by atoms with E-state index in [0.29, 0.717) is 13.2 Å². The zero-order valence-electron chi connectivity index (χ0n) is 11.8. The minimum atomic E-state index is -0.117. The van der Waals surface area contributed by atoms with Crippen LogP contribution in [0.4, 0.5) is 0 Å². The predicted octanol–water partition coefficient (Wildman–Crippen LogP) is 2.63. The van der Waals surface area contributed by atoms with Crippen LogP contribution in [0.1, 0.15) is 25.0 Å². The molecule has 1 aromatic rings. The highest BCUT2D eigenvalue weighted by Gasteiger charge is 2.16. The van der Waals surface area contributed by atoms with E-state index in [1.54, 1.807) is 0 Å². The molecule has 1 atom stereocenters. The van der Waals surface area contributed by atoms with Crippen LogP contribution in [0, 0.1) is 12.8 Å². The Kier molecular flexibility index (Phi) is 5.86. The van der Waals surface area contributed by atoms with Gasteiger partial charge in [-0.25, -0.2) is 0 Å². The van der Waals surface area contributed by atoms with Crippen molar-refractivity contribution < 1.29 is 9.53 Å². The van der Waals surface area contributed by atoms with Crippen molar-refractivity contribution in [3.63, 3.8) is 0 Å². The smallest absolute Gasteiger partial charge is 0.309 e. The highest BCUT2D eigenvalue weighted by molar-refractivity contribution is 5.72.